The van der Waals surface area contributed by atoms with Crippen molar-refractivity contribution < 1.29 is 5.11 Å². The topological polar surface area (TPSA) is 47.5 Å². The van der Waals surface area contributed by atoms with Gasteiger partial charge in [-0.15, -0.1) is 0 Å². The first-order valence-corrected chi connectivity index (χ1v) is 8.67. The predicted octanol–water partition coefficient (Wildman–Crippen LogP) is 1.47. The molecule has 0 amide bonds. The van der Waals surface area contributed by atoms with E-state index >= 15 is 0 Å². The number of halogens is 1. The molecule has 4 nitrogen and oxygen atoms in total. The van der Waals surface area contributed by atoms with Gasteiger partial charge in [-0.2, -0.15) is 0 Å². The molecule has 3 rings (SSSR count). The van der Waals surface area contributed by atoms with E-state index < -0.39 is 0 Å². The Morgan fingerprint density at radius 2 is 1.91 bits per heavy atom. The Bertz CT molecular complexity index is 459. The summed E-state index contributed by atoms with van der Waals surface area (Å²) in [6.45, 7) is 5.87. The van der Waals surface area contributed by atoms with Gasteiger partial charge in [-0.05, 0) is 43.6 Å². The third-order valence-corrected chi connectivity index (χ3v) is 5.13. The van der Waals surface area contributed by atoms with Crippen LogP contribution in [0, 0.1) is 5.92 Å². The van der Waals surface area contributed by atoms with Gasteiger partial charge >= 0.3 is 0 Å². The number of β-amino-alcohol motifs (C(OH)–C–C–N with tert-alkyl or cyclic N) is 1. The number of aliphatic hydroxyl groups is 1. The first-order chi connectivity index (χ1) is 10.7. The summed E-state index contributed by atoms with van der Waals surface area (Å²) < 4.78 is 0. The molecule has 5 heteroatoms. The molecular weight excluding hydrogens is 298 g/mol. The number of rotatable bonds is 5. The van der Waals surface area contributed by atoms with E-state index in [1.165, 1.54) is 18.4 Å². The van der Waals surface area contributed by atoms with Gasteiger partial charge in [0.15, 0.2) is 0 Å². The van der Waals surface area contributed by atoms with E-state index in [1.807, 2.05) is 12.1 Å². The van der Waals surface area contributed by atoms with E-state index in [4.69, 9.17) is 11.6 Å². The maximum atomic E-state index is 9.82. The second-order valence-electron chi connectivity index (χ2n) is 6.57. The van der Waals surface area contributed by atoms with Gasteiger partial charge in [0, 0.05) is 43.2 Å². The molecular formula is C17H26ClN3O. The Hall–Kier alpha value is -0.650. The van der Waals surface area contributed by atoms with Crippen LogP contribution in [0.2, 0.25) is 5.02 Å². The number of aliphatic hydroxyl groups excluding tert-OH is 1. The Kier molecular flexibility index (Phi) is 5.71. The Labute approximate surface area is 137 Å². The van der Waals surface area contributed by atoms with Crippen LogP contribution < -0.4 is 10.6 Å². The van der Waals surface area contributed by atoms with Gasteiger partial charge in [-0.25, -0.2) is 0 Å². The molecule has 2 heterocycles. The smallest absolute Gasteiger partial charge is 0.0716 e. The molecule has 0 saturated carbocycles. The van der Waals surface area contributed by atoms with Crippen molar-refractivity contribution in [1.29, 1.82) is 0 Å². The van der Waals surface area contributed by atoms with Gasteiger partial charge < -0.3 is 15.7 Å². The Morgan fingerprint density at radius 1 is 1.18 bits per heavy atom. The van der Waals surface area contributed by atoms with Gasteiger partial charge in [0.25, 0.3) is 0 Å². The largest absolute Gasteiger partial charge is 0.391 e. The van der Waals surface area contributed by atoms with Crippen LogP contribution in [0.5, 0.6) is 0 Å². The third kappa shape index (κ3) is 4.43. The summed E-state index contributed by atoms with van der Waals surface area (Å²) in [5.41, 5.74) is 1.33. The molecule has 122 valence electrons. The molecule has 2 aliphatic heterocycles. The summed E-state index contributed by atoms with van der Waals surface area (Å²) in [4.78, 5) is 2.51. The van der Waals surface area contributed by atoms with Crippen LogP contribution in [-0.2, 0) is 6.54 Å². The van der Waals surface area contributed by atoms with Crippen LogP contribution in [0.3, 0.4) is 0 Å². The van der Waals surface area contributed by atoms with E-state index in [0.717, 1.165) is 44.3 Å². The summed E-state index contributed by atoms with van der Waals surface area (Å²) in [6, 6.07) is 8.75. The molecule has 0 bridgehead atoms. The molecule has 2 atom stereocenters. The minimum absolute atomic E-state index is 0.183. The molecule has 0 aromatic heterocycles. The van der Waals surface area contributed by atoms with Crippen LogP contribution >= 0.6 is 11.6 Å². The van der Waals surface area contributed by atoms with Crippen molar-refractivity contribution in [2.75, 3.05) is 32.7 Å². The first kappa shape index (κ1) is 16.2. The van der Waals surface area contributed by atoms with Crippen molar-refractivity contribution in [2.45, 2.75) is 31.5 Å². The molecule has 2 fully saturated rings. The fraction of sp³-hybridized carbons (Fsp3) is 0.647. The number of nitrogens with one attached hydrogen (secondary N) is 2. The second-order valence-corrected chi connectivity index (χ2v) is 7.01. The lowest BCUT2D eigenvalue weighted by molar-refractivity contribution is 0.137. The lowest BCUT2D eigenvalue weighted by Crippen LogP contribution is -2.44. The average Bonchev–Trinajstić information content (AvgIpc) is 2.94. The van der Waals surface area contributed by atoms with Crippen molar-refractivity contribution in [3.05, 3.63) is 34.9 Å². The molecule has 2 saturated heterocycles. The minimum atomic E-state index is -0.183. The molecule has 3 N–H and O–H groups in total. The fourth-order valence-corrected chi connectivity index (χ4v) is 3.51. The van der Waals surface area contributed by atoms with Gasteiger partial charge in [0.2, 0.25) is 0 Å². The highest BCUT2D eigenvalue weighted by atomic mass is 35.5. The van der Waals surface area contributed by atoms with Gasteiger partial charge in [-0.3, -0.25) is 4.90 Å². The lowest BCUT2D eigenvalue weighted by atomic mass is 10.0. The molecule has 1 aromatic carbocycles. The minimum Gasteiger partial charge on any atom is -0.391 e. The van der Waals surface area contributed by atoms with Crippen LogP contribution in [0.15, 0.2) is 24.3 Å². The molecule has 2 unspecified atom stereocenters. The molecule has 0 aliphatic carbocycles. The quantitative estimate of drug-likeness (QED) is 0.768. The van der Waals surface area contributed by atoms with Crippen molar-refractivity contribution in [2.24, 2.45) is 5.92 Å². The van der Waals surface area contributed by atoms with E-state index in [0.29, 0.717) is 12.0 Å². The van der Waals surface area contributed by atoms with Crippen LogP contribution in [0.1, 0.15) is 18.4 Å². The normalized spacial score (nSPS) is 27.4. The van der Waals surface area contributed by atoms with Gasteiger partial charge in [0.05, 0.1) is 6.10 Å². The zero-order chi connectivity index (χ0) is 15.4. The molecule has 2 aliphatic rings. The number of nitrogens with zero attached hydrogens (tertiary/aromatic N) is 1. The standard InChI is InChI=1S/C17H26ClN3O/c18-15-3-1-13(2-4-15)12-21-7-5-16(6-8-21)20-10-14-9-19-11-17(14)22/h1-4,14,16-17,19-20,22H,5-12H2. The molecule has 0 spiro atoms. The zero-order valence-corrected chi connectivity index (χ0v) is 13.7. The van der Waals surface area contributed by atoms with Crippen LogP contribution in [0.4, 0.5) is 0 Å². The molecule has 1 aromatic rings. The predicted molar refractivity (Wildman–Crippen MR) is 90.1 cm³/mol. The summed E-state index contributed by atoms with van der Waals surface area (Å²) >= 11 is 5.93. The van der Waals surface area contributed by atoms with Crippen LogP contribution in [-0.4, -0.2) is 54.9 Å². The Balaban J connectivity index is 1.38. The van der Waals surface area contributed by atoms with Gasteiger partial charge in [-0.1, -0.05) is 23.7 Å². The fourth-order valence-electron chi connectivity index (χ4n) is 3.39. The molecule has 0 radical (unpaired) electrons. The summed E-state index contributed by atoms with van der Waals surface area (Å²) in [7, 11) is 0. The third-order valence-electron chi connectivity index (χ3n) is 4.88. The second kappa shape index (κ2) is 7.75. The summed E-state index contributed by atoms with van der Waals surface area (Å²) in [5.74, 6) is 0.368. The maximum Gasteiger partial charge on any atom is 0.0716 e. The number of hydrogen-bond acceptors (Lipinski definition) is 4. The number of likely N-dealkylation sites (tertiary alicyclic amines) is 1. The van der Waals surface area contributed by atoms with Crippen molar-refractivity contribution in [3.8, 4) is 0 Å². The number of hydrogen-bond donors (Lipinski definition) is 3. The monoisotopic (exact) mass is 323 g/mol. The lowest BCUT2D eigenvalue weighted by Gasteiger charge is -2.33. The van der Waals surface area contributed by atoms with E-state index in [1.54, 1.807) is 0 Å². The SMILES string of the molecule is OC1CNCC1CNC1CCN(Cc2ccc(Cl)cc2)CC1. The number of benzene rings is 1. The Morgan fingerprint density at radius 3 is 2.55 bits per heavy atom. The zero-order valence-electron chi connectivity index (χ0n) is 13.0. The van der Waals surface area contributed by atoms with Gasteiger partial charge in [0.1, 0.15) is 0 Å². The summed E-state index contributed by atoms with van der Waals surface area (Å²) in [5, 5.41) is 17.5. The van der Waals surface area contributed by atoms with Crippen molar-refractivity contribution >= 4 is 11.6 Å². The van der Waals surface area contributed by atoms with E-state index in [9.17, 15) is 5.11 Å². The maximum absolute atomic E-state index is 9.82. The number of piperidine rings is 1. The van der Waals surface area contributed by atoms with E-state index in [2.05, 4.69) is 27.7 Å². The van der Waals surface area contributed by atoms with E-state index in [-0.39, 0.29) is 6.10 Å². The highest BCUT2D eigenvalue weighted by Crippen LogP contribution is 2.16. The van der Waals surface area contributed by atoms with Crippen molar-refractivity contribution in [1.82, 2.24) is 15.5 Å². The molecule has 22 heavy (non-hydrogen) atoms. The van der Waals surface area contributed by atoms with Crippen LogP contribution in [0.25, 0.3) is 0 Å². The average molecular weight is 324 g/mol. The highest BCUT2D eigenvalue weighted by molar-refractivity contribution is 6.30. The van der Waals surface area contributed by atoms with Crippen molar-refractivity contribution in [3.63, 3.8) is 0 Å². The first-order valence-electron chi connectivity index (χ1n) is 8.29. The highest BCUT2D eigenvalue weighted by Gasteiger charge is 2.26. The summed E-state index contributed by atoms with van der Waals surface area (Å²) in [6.07, 6.45) is 2.19.